The maximum Gasteiger partial charge on any atom is 0.222 e. The van der Waals surface area contributed by atoms with E-state index in [1.165, 1.54) is 0 Å². The molecule has 0 aliphatic rings. The van der Waals surface area contributed by atoms with Crippen LogP contribution in [-0.4, -0.2) is 31.1 Å². The SMILES string of the molecule is CCOCCCC(=O)N(C)Cc1ccccc1N. The second-order valence-electron chi connectivity index (χ2n) is 4.25. The Morgan fingerprint density at radius 2 is 2.11 bits per heavy atom. The van der Waals surface area contributed by atoms with E-state index in [1.54, 1.807) is 11.9 Å². The molecule has 4 heteroatoms. The van der Waals surface area contributed by atoms with Gasteiger partial charge in [-0.3, -0.25) is 4.79 Å². The normalized spacial score (nSPS) is 10.3. The molecule has 0 aliphatic carbocycles. The summed E-state index contributed by atoms with van der Waals surface area (Å²) in [6.45, 7) is 3.85. The number of anilines is 1. The molecule has 0 aliphatic heterocycles. The van der Waals surface area contributed by atoms with Crippen molar-refractivity contribution in [2.75, 3.05) is 26.0 Å². The molecule has 0 bridgehead atoms. The predicted octanol–water partition coefficient (Wildman–Crippen LogP) is 2.04. The quantitative estimate of drug-likeness (QED) is 0.595. The Bertz CT molecular complexity index is 380. The van der Waals surface area contributed by atoms with Crippen LogP contribution >= 0.6 is 0 Å². The number of nitrogens with zero attached hydrogens (tertiary/aromatic N) is 1. The van der Waals surface area contributed by atoms with Gasteiger partial charge in [0.2, 0.25) is 5.91 Å². The van der Waals surface area contributed by atoms with Crippen LogP contribution in [0.15, 0.2) is 24.3 Å². The van der Waals surface area contributed by atoms with E-state index in [0.29, 0.717) is 26.2 Å². The van der Waals surface area contributed by atoms with Crippen LogP contribution in [0, 0.1) is 0 Å². The first kappa shape index (κ1) is 14.5. The first-order valence-electron chi connectivity index (χ1n) is 6.30. The molecule has 2 N–H and O–H groups in total. The fraction of sp³-hybridized carbons (Fsp3) is 0.500. The van der Waals surface area contributed by atoms with Crippen molar-refractivity contribution < 1.29 is 9.53 Å². The van der Waals surface area contributed by atoms with Crippen LogP contribution in [0.2, 0.25) is 0 Å². The van der Waals surface area contributed by atoms with Gasteiger partial charge in [0.15, 0.2) is 0 Å². The van der Waals surface area contributed by atoms with Gasteiger partial charge in [0.05, 0.1) is 0 Å². The summed E-state index contributed by atoms with van der Waals surface area (Å²) in [6, 6.07) is 7.61. The standard InChI is InChI=1S/C14H22N2O2/c1-3-18-10-6-9-14(17)16(2)11-12-7-4-5-8-13(12)15/h4-5,7-8H,3,6,9-11,15H2,1-2H3. The van der Waals surface area contributed by atoms with Crippen LogP contribution in [0.4, 0.5) is 5.69 Å². The molecule has 0 saturated heterocycles. The Morgan fingerprint density at radius 3 is 2.78 bits per heavy atom. The minimum Gasteiger partial charge on any atom is -0.398 e. The molecule has 0 unspecified atom stereocenters. The van der Waals surface area contributed by atoms with Gasteiger partial charge in [0.25, 0.3) is 0 Å². The molecule has 1 rings (SSSR count). The van der Waals surface area contributed by atoms with E-state index in [9.17, 15) is 4.79 Å². The largest absolute Gasteiger partial charge is 0.398 e. The number of benzene rings is 1. The highest BCUT2D eigenvalue weighted by molar-refractivity contribution is 5.76. The van der Waals surface area contributed by atoms with Crippen LogP contribution in [0.25, 0.3) is 0 Å². The van der Waals surface area contributed by atoms with Gasteiger partial charge in [0.1, 0.15) is 0 Å². The monoisotopic (exact) mass is 250 g/mol. The summed E-state index contributed by atoms with van der Waals surface area (Å²) in [7, 11) is 1.80. The number of hydrogen-bond acceptors (Lipinski definition) is 3. The molecule has 18 heavy (non-hydrogen) atoms. The first-order chi connectivity index (χ1) is 8.65. The van der Waals surface area contributed by atoms with Gasteiger partial charge in [-0.25, -0.2) is 0 Å². The summed E-state index contributed by atoms with van der Waals surface area (Å²) in [4.78, 5) is 13.6. The Kier molecular flexibility index (Phi) is 6.22. The number of carbonyl (C=O) groups is 1. The van der Waals surface area contributed by atoms with Gasteiger partial charge in [0, 0.05) is 38.9 Å². The van der Waals surface area contributed by atoms with Crippen LogP contribution in [-0.2, 0) is 16.1 Å². The van der Waals surface area contributed by atoms with Gasteiger partial charge in [-0.05, 0) is 25.0 Å². The molecular weight excluding hydrogens is 228 g/mol. The molecule has 0 heterocycles. The van der Waals surface area contributed by atoms with E-state index in [2.05, 4.69) is 0 Å². The molecule has 0 aromatic heterocycles. The Hall–Kier alpha value is -1.55. The zero-order valence-corrected chi connectivity index (χ0v) is 11.2. The van der Waals surface area contributed by atoms with Crippen LogP contribution in [0.1, 0.15) is 25.3 Å². The summed E-state index contributed by atoms with van der Waals surface area (Å²) in [5.41, 5.74) is 7.56. The lowest BCUT2D eigenvalue weighted by Gasteiger charge is -2.18. The summed E-state index contributed by atoms with van der Waals surface area (Å²) in [6.07, 6.45) is 1.28. The highest BCUT2D eigenvalue weighted by atomic mass is 16.5. The molecule has 4 nitrogen and oxygen atoms in total. The molecular formula is C14H22N2O2. The van der Waals surface area contributed by atoms with E-state index in [4.69, 9.17) is 10.5 Å². The minimum absolute atomic E-state index is 0.123. The lowest BCUT2D eigenvalue weighted by molar-refractivity contribution is -0.130. The maximum absolute atomic E-state index is 11.9. The van der Waals surface area contributed by atoms with E-state index < -0.39 is 0 Å². The molecule has 1 aromatic carbocycles. The van der Waals surface area contributed by atoms with Gasteiger partial charge in [-0.2, -0.15) is 0 Å². The van der Waals surface area contributed by atoms with E-state index >= 15 is 0 Å². The van der Waals surface area contributed by atoms with Gasteiger partial charge in [-0.15, -0.1) is 0 Å². The third kappa shape index (κ3) is 4.75. The highest BCUT2D eigenvalue weighted by Gasteiger charge is 2.10. The lowest BCUT2D eigenvalue weighted by Crippen LogP contribution is -2.26. The lowest BCUT2D eigenvalue weighted by atomic mass is 10.1. The molecule has 0 atom stereocenters. The van der Waals surface area contributed by atoms with E-state index in [-0.39, 0.29) is 5.91 Å². The van der Waals surface area contributed by atoms with Crippen molar-refractivity contribution in [3.8, 4) is 0 Å². The third-order valence-electron chi connectivity index (χ3n) is 2.77. The molecule has 0 saturated carbocycles. The highest BCUT2D eigenvalue weighted by Crippen LogP contribution is 2.13. The van der Waals surface area contributed by atoms with Crippen LogP contribution < -0.4 is 5.73 Å². The zero-order valence-electron chi connectivity index (χ0n) is 11.2. The topological polar surface area (TPSA) is 55.6 Å². The summed E-state index contributed by atoms with van der Waals surface area (Å²) >= 11 is 0. The zero-order chi connectivity index (χ0) is 13.4. The molecule has 1 amide bonds. The number of hydrogen-bond donors (Lipinski definition) is 1. The first-order valence-corrected chi connectivity index (χ1v) is 6.30. The van der Waals surface area contributed by atoms with Crippen molar-refractivity contribution in [3.05, 3.63) is 29.8 Å². The Balaban J connectivity index is 2.38. The second kappa shape index (κ2) is 7.71. The molecule has 0 spiro atoms. The maximum atomic E-state index is 11.9. The molecule has 100 valence electrons. The Labute approximate surface area is 109 Å². The van der Waals surface area contributed by atoms with Gasteiger partial charge >= 0.3 is 0 Å². The summed E-state index contributed by atoms with van der Waals surface area (Å²) in [5.74, 6) is 0.123. The minimum atomic E-state index is 0.123. The summed E-state index contributed by atoms with van der Waals surface area (Å²) < 4.78 is 5.21. The average molecular weight is 250 g/mol. The smallest absolute Gasteiger partial charge is 0.222 e. The predicted molar refractivity (Wildman–Crippen MR) is 73.1 cm³/mol. The van der Waals surface area contributed by atoms with Gasteiger partial charge in [-0.1, -0.05) is 18.2 Å². The van der Waals surface area contributed by atoms with E-state index in [1.807, 2.05) is 31.2 Å². The van der Waals surface area contributed by atoms with Gasteiger partial charge < -0.3 is 15.4 Å². The fourth-order valence-electron chi connectivity index (χ4n) is 1.68. The number of nitrogens with two attached hydrogens (primary N) is 1. The van der Waals surface area contributed by atoms with Crippen LogP contribution in [0.3, 0.4) is 0 Å². The Morgan fingerprint density at radius 1 is 1.39 bits per heavy atom. The third-order valence-corrected chi connectivity index (χ3v) is 2.77. The number of rotatable bonds is 7. The number of para-hydroxylation sites is 1. The molecule has 0 fully saturated rings. The fourth-order valence-corrected chi connectivity index (χ4v) is 1.68. The number of amides is 1. The van der Waals surface area contributed by atoms with Crippen molar-refractivity contribution in [2.45, 2.75) is 26.3 Å². The number of nitrogen functional groups attached to an aromatic ring is 1. The van der Waals surface area contributed by atoms with Crippen LogP contribution in [0.5, 0.6) is 0 Å². The van der Waals surface area contributed by atoms with Crippen molar-refractivity contribution in [1.82, 2.24) is 4.90 Å². The van der Waals surface area contributed by atoms with Crippen molar-refractivity contribution in [2.24, 2.45) is 0 Å². The van der Waals surface area contributed by atoms with Crippen molar-refractivity contribution in [3.63, 3.8) is 0 Å². The number of carbonyl (C=O) groups excluding carboxylic acids is 1. The average Bonchev–Trinajstić information content (AvgIpc) is 2.37. The van der Waals surface area contributed by atoms with Crippen molar-refractivity contribution in [1.29, 1.82) is 0 Å². The second-order valence-corrected chi connectivity index (χ2v) is 4.25. The summed E-state index contributed by atoms with van der Waals surface area (Å²) in [5, 5.41) is 0. The molecule has 1 aromatic rings. The number of ether oxygens (including phenoxy) is 1. The van der Waals surface area contributed by atoms with E-state index in [0.717, 1.165) is 17.7 Å². The van der Waals surface area contributed by atoms with Crippen molar-refractivity contribution >= 4 is 11.6 Å². The molecule has 0 radical (unpaired) electrons.